The zero-order valence-electron chi connectivity index (χ0n) is 10.3. The number of rotatable bonds is 5. The fourth-order valence-electron chi connectivity index (χ4n) is 1.54. The first-order valence-electron chi connectivity index (χ1n) is 5.57. The van der Waals surface area contributed by atoms with Crippen molar-refractivity contribution in [2.45, 2.75) is 26.3 Å². The summed E-state index contributed by atoms with van der Waals surface area (Å²) in [5.74, 6) is 0.228. The number of nitrogens with zero attached hydrogens (tertiary/aromatic N) is 1. The molecule has 5 nitrogen and oxygen atoms in total. The summed E-state index contributed by atoms with van der Waals surface area (Å²) in [5.41, 5.74) is 0.900. The number of hydrogen-bond donors (Lipinski definition) is 1. The van der Waals surface area contributed by atoms with Gasteiger partial charge in [0, 0.05) is 29.1 Å². The van der Waals surface area contributed by atoms with Crippen LogP contribution in [0.2, 0.25) is 0 Å². The van der Waals surface area contributed by atoms with Crippen molar-refractivity contribution in [3.63, 3.8) is 0 Å². The van der Waals surface area contributed by atoms with Gasteiger partial charge in [0.1, 0.15) is 0 Å². The van der Waals surface area contributed by atoms with Crippen LogP contribution in [0.3, 0.4) is 0 Å². The maximum atomic E-state index is 11.8. The summed E-state index contributed by atoms with van der Waals surface area (Å²) < 4.78 is 0. The highest BCUT2D eigenvalue weighted by Gasteiger charge is 2.14. The quantitative estimate of drug-likeness (QED) is 0.508. The predicted octanol–water partition coefficient (Wildman–Crippen LogP) is 2.65. The van der Waals surface area contributed by atoms with E-state index in [0.717, 1.165) is 0 Å². The number of benzene rings is 1. The Labute approximate surface area is 110 Å². The number of carbonyl (C=O) groups excluding carboxylic acids is 1. The molecule has 1 N–H and O–H groups in total. The highest BCUT2D eigenvalue weighted by molar-refractivity contribution is 6.17. The van der Waals surface area contributed by atoms with E-state index >= 15 is 0 Å². The Bertz CT molecular complexity index is 463. The van der Waals surface area contributed by atoms with E-state index in [1.807, 2.05) is 6.92 Å². The molecule has 1 aromatic rings. The molecule has 0 aliphatic rings. The molecule has 1 atom stereocenters. The summed E-state index contributed by atoms with van der Waals surface area (Å²) in [6.07, 6.45) is 0.680. The maximum Gasteiger partial charge on any atom is 0.272 e. The van der Waals surface area contributed by atoms with Gasteiger partial charge >= 0.3 is 0 Å². The third kappa shape index (κ3) is 3.70. The first kappa shape index (κ1) is 14.4. The molecule has 0 spiro atoms. The third-order valence-corrected chi connectivity index (χ3v) is 2.79. The molecule has 0 heterocycles. The molecule has 0 saturated carbocycles. The van der Waals surface area contributed by atoms with Gasteiger partial charge in [0.2, 0.25) is 0 Å². The zero-order chi connectivity index (χ0) is 13.7. The van der Waals surface area contributed by atoms with Gasteiger partial charge in [-0.1, -0.05) is 0 Å². The Kier molecular flexibility index (Phi) is 5.09. The van der Waals surface area contributed by atoms with Gasteiger partial charge in [0.15, 0.2) is 0 Å². The van der Waals surface area contributed by atoms with E-state index in [0.29, 0.717) is 23.4 Å². The molecule has 1 amide bonds. The fourth-order valence-corrected chi connectivity index (χ4v) is 1.87. The lowest BCUT2D eigenvalue weighted by Crippen LogP contribution is -2.32. The number of hydrogen-bond acceptors (Lipinski definition) is 3. The van der Waals surface area contributed by atoms with Crippen LogP contribution in [0, 0.1) is 17.0 Å². The van der Waals surface area contributed by atoms with Gasteiger partial charge in [0.25, 0.3) is 11.6 Å². The second kappa shape index (κ2) is 6.35. The van der Waals surface area contributed by atoms with Crippen LogP contribution >= 0.6 is 11.6 Å². The molecule has 0 radical (unpaired) electrons. The summed E-state index contributed by atoms with van der Waals surface area (Å²) in [7, 11) is 0. The molecule has 98 valence electrons. The van der Waals surface area contributed by atoms with Crippen molar-refractivity contribution in [3.05, 3.63) is 39.4 Å². The van der Waals surface area contributed by atoms with E-state index in [-0.39, 0.29) is 17.6 Å². The Hall–Kier alpha value is -1.62. The molecule has 0 aliphatic heterocycles. The van der Waals surface area contributed by atoms with Crippen molar-refractivity contribution in [2.24, 2.45) is 0 Å². The van der Waals surface area contributed by atoms with Crippen molar-refractivity contribution < 1.29 is 9.72 Å². The number of halogens is 1. The van der Waals surface area contributed by atoms with Crippen molar-refractivity contribution in [2.75, 3.05) is 5.88 Å². The number of alkyl halides is 1. The molecule has 0 aliphatic carbocycles. The third-order valence-electron chi connectivity index (χ3n) is 2.58. The van der Waals surface area contributed by atoms with Gasteiger partial charge in [-0.3, -0.25) is 14.9 Å². The lowest BCUT2D eigenvalue weighted by Gasteiger charge is -2.12. The zero-order valence-corrected chi connectivity index (χ0v) is 11.0. The van der Waals surface area contributed by atoms with Gasteiger partial charge in [-0.2, -0.15) is 0 Å². The van der Waals surface area contributed by atoms with Crippen LogP contribution in [0.4, 0.5) is 5.69 Å². The predicted molar refractivity (Wildman–Crippen MR) is 70.1 cm³/mol. The Morgan fingerprint density at radius 3 is 2.72 bits per heavy atom. The summed E-state index contributed by atoms with van der Waals surface area (Å²) in [6, 6.07) is 4.29. The minimum absolute atomic E-state index is 0.0142. The van der Waals surface area contributed by atoms with E-state index in [1.165, 1.54) is 18.2 Å². The first-order valence-corrected chi connectivity index (χ1v) is 6.11. The van der Waals surface area contributed by atoms with E-state index in [9.17, 15) is 14.9 Å². The molecule has 0 saturated heterocycles. The van der Waals surface area contributed by atoms with Crippen LogP contribution in [-0.4, -0.2) is 22.8 Å². The molecular weight excluding hydrogens is 256 g/mol. The largest absolute Gasteiger partial charge is 0.350 e. The number of aryl methyl sites for hydroxylation is 1. The molecule has 1 unspecified atom stereocenters. The number of amides is 1. The number of nitrogens with one attached hydrogen (secondary N) is 1. The molecular formula is C12H15ClN2O3. The smallest absolute Gasteiger partial charge is 0.272 e. The van der Waals surface area contributed by atoms with E-state index in [1.54, 1.807) is 6.92 Å². The average molecular weight is 271 g/mol. The number of carbonyl (C=O) groups is 1. The normalized spacial score (nSPS) is 11.9. The summed E-state index contributed by atoms with van der Waals surface area (Å²) >= 11 is 5.58. The van der Waals surface area contributed by atoms with Crippen LogP contribution in [0.5, 0.6) is 0 Å². The molecule has 6 heteroatoms. The van der Waals surface area contributed by atoms with Crippen molar-refractivity contribution in [3.8, 4) is 0 Å². The van der Waals surface area contributed by atoms with Crippen molar-refractivity contribution in [1.82, 2.24) is 5.32 Å². The van der Waals surface area contributed by atoms with Crippen LogP contribution in [0.1, 0.15) is 29.3 Å². The van der Waals surface area contributed by atoms with Gasteiger partial charge in [-0.05, 0) is 32.4 Å². The van der Waals surface area contributed by atoms with Gasteiger partial charge in [-0.25, -0.2) is 0 Å². The molecule has 0 bridgehead atoms. The Morgan fingerprint density at radius 2 is 2.22 bits per heavy atom. The lowest BCUT2D eigenvalue weighted by molar-refractivity contribution is -0.385. The number of nitro benzene ring substituents is 1. The monoisotopic (exact) mass is 270 g/mol. The first-order chi connectivity index (χ1) is 8.45. The van der Waals surface area contributed by atoms with Gasteiger partial charge < -0.3 is 5.32 Å². The van der Waals surface area contributed by atoms with E-state index < -0.39 is 4.92 Å². The summed E-state index contributed by atoms with van der Waals surface area (Å²) in [6.45, 7) is 3.47. The molecule has 0 fully saturated rings. The SMILES string of the molecule is Cc1cc(C(=O)NC(C)CCCl)ccc1[N+](=O)[O-]. The number of nitro groups is 1. The summed E-state index contributed by atoms with van der Waals surface area (Å²) in [5, 5.41) is 13.4. The van der Waals surface area contributed by atoms with Crippen molar-refractivity contribution in [1.29, 1.82) is 0 Å². The Balaban J connectivity index is 2.81. The minimum Gasteiger partial charge on any atom is -0.350 e. The molecule has 18 heavy (non-hydrogen) atoms. The highest BCUT2D eigenvalue weighted by Crippen LogP contribution is 2.18. The second-order valence-electron chi connectivity index (χ2n) is 4.11. The van der Waals surface area contributed by atoms with Crippen LogP contribution < -0.4 is 5.32 Å². The van der Waals surface area contributed by atoms with Crippen LogP contribution in [0.25, 0.3) is 0 Å². The van der Waals surface area contributed by atoms with E-state index in [4.69, 9.17) is 11.6 Å². The lowest BCUT2D eigenvalue weighted by atomic mass is 10.1. The molecule has 1 aromatic carbocycles. The van der Waals surface area contributed by atoms with Crippen LogP contribution in [0.15, 0.2) is 18.2 Å². The topological polar surface area (TPSA) is 72.2 Å². The molecule has 1 rings (SSSR count). The minimum atomic E-state index is -0.465. The Morgan fingerprint density at radius 1 is 1.56 bits per heavy atom. The van der Waals surface area contributed by atoms with Gasteiger partial charge in [0.05, 0.1) is 4.92 Å². The summed E-state index contributed by atoms with van der Waals surface area (Å²) in [4.78, 5) is 22.0. The van der Waals surface area contributed by atoms with Crippen molar-refractivity contribution >= 4 is 23.2 Å². The molecule has 0 aromatic heterocycles. The average Bonchev–Trinajstić information content (AvgIpc) is 2.28. The maximum absolute atomic E-state index is 11.8. The fraction of sp³-hybridized carbons (Fsp3) is 0.417. The van der Waals surface area contributed by atoms with Crippen LogP contribution in [-0.2, 0) is 0 Å². The van der Waals surface area contributed by atoms with Gasteiger partial charge in [-0.15, -0.1) is 11.6 Å². The second-order valence-corrected chi connectivity index (χ2v) is 4.49. The standard InChI is InChI=1S/C12H15ClN2O3/c1-8-7-10(3-4-11(8)15(17)18)12(16)14-9(2)5-6-13/h3-4,7,9H,5-6H2,1-2H3,(H,14,16). The van der Waals surface area contributed by atoms with E-state index in [2.05, 4.69) is 5.32 Å². The highest BCUT2D eigenvalue weighted by atomic mass is 35.5.